The van der Waals surface area contributed by atoms with Gasteiger partial charge in [-0.15, -0.1) is 0 Å². The van der Waals surface area contributed by atoms with E-state index in [0.717, 1.165) is 10.8 Å². The van der Waals surface area contributed by atoms with E-state index in [2.05, 4.69) is 65.6 Å². The number of aryl methyl sites for hydroxylation is 1. The Kier molecular flexibility index (Phi) is 12.2. The summed E-state index contributed by atoms with van der Waals surface area (Å²) >= 11 is 0. The molecular weight excluding hydrogens is 779 g/mol. The normalized spacial score (nSPS) is 25.9. The molecule has 2 aromatic rings. The topological polar surface area (TPSA) is 124 Å². The van der Waals surface area contributed by atoms with Crippen LogP contribution in [0.3, 0.4) is 0 Å². The molecular formula is C48H75N3O8S. The molecule has 2 amide bonds. The Morgan fingerprint density at radius 2 is 1.67 bits per heavy atom. The van der Waals surface area contributed by atoms with Gasteiger partial charge < -0.3 is 24.3 Å². The Bertz CT molecular complexity index is 2200. The molecule has 1 saturated carbocycles. The lowest BCUT2D eigenvalue weighted by Gasteiger charge is -2.54. The van der Waals surface area contributed by atoms with E-state index in [4.69, 9.17) is 23.1 Å². The second-order valence-electron chi connectivity index (χ2n) is 20.2. The van der Waals surface area contributed by atoms with E-state index in [-0.39, 0.29) is 40.6 Å². The summed E-state index contributed by atoms with van der Waals surface area (Å²) < 4.78 is 81.4. The minimum Gasteiger partial charge on any atom is -0.495 e. The largest absolute Gasteiger partial charge is 0.495 e. The van der Waals surface area contributed by atoms with Crippen LogP contribution in [0.15, 0.2) is 17.0 Å². The van der Waals surface area contributed by atoms with E-state index < -0.39 is 67.6 Å². The highest BCUT2D eigenvalue weighted by molar-refractivity contribution is 7.93. The molecule has 5 rings (SSSR count). The number of rotatable bonds is 14. The first kappa shape index (κ1) is 43.5. The van der Waals surface area contributed by atoms with Gasteiger partial charge in [-0.2, -0.15) is 0 Å². The predicted octanol–water partition coefficient (Wildman–Crippen LogP) is 8.98. The first-order valence-electron chi connectivity index (χ1n) is 23.4. The first-order chi connectivity index (χ1) is 28.8. The molecule has 1 saturated heterocycles. The van der Waals surface area contributed by atoms with Crippen LogP contribution < -0.4 is 19.1 Å². The van der Waals surface area contributed by atoms with Crippen molar-refractivity contribution in [1.29, 1.82) is 0 Å². The van der Waals surface area contributed by atoms with E-state index in [0.29, 0.717) is 73.6 Å². The Balaban J connectivity index is 1.69. The number of ether oxygens (including phenoxy) is 4. The van der Waals surface area contributed by atoms with Gasteiger partial charge in [-0.1, -0.05) is 41.5 Å². The zero-order valence-electron chi connectivity index (χ0n) is 42.3. The van der Waals surface area contributed by atoms with Crippen LogP contribution in [0.2, 0.25) is 0 Å². The number of fused-ring (bicyclic) bond motifs is 2. The quantitative estimate of drug-likeness (QED) is 0.198. The van der Waals surface area contributed by atoms with Crippen LogP contribution in [0, 0.1) is 45.4 Å². The van der Waals surface area contributed by atoms with Crippen molar-refractivity contribution in [3.8, 4) is 11.5 Å². The molecule has 3 aliphatic rings. The van der Waals surface area contributed by atoms with Gasteiger partial charge in [-0.3, -0.25) is 14.5 Å². The monoisotopic (exact) mass is 857 g/mol. The summed E-state index contributed by atoms with van der Waals surface area (Å²) in [6, 6.07) is 2.90. The van der Waals surface area contributed by atoms with Crippen LogP contribution in [0.1, 0.15) is 151 Å². The van der Waals surface area contributed by atoms with Crippen molar-refractivity contribution in [2.24, 2.45) is 17.8 Å². The van der Waals surface area contributed by atoms with E-state index >= 15 is 13.2 Å². The Hall–Kier alpha value is -3.19. The van der Waals surface area contributed by atoms with Crippen molar-refractivity contribution in [3.05, 3.63) is 45.5 Å². The zero-order chi connectivity index (χ0) is 47.6. The van der Waals surface area contributed by atoms with Crippen molar-refractivity contribution < 1.29 is 41.1 Å². The molecule has 0 aromatic heterocycles. The molecule has 11 nitrogen and oxygen atoms in total. The molecule has 12 heteroatoms. The van der Waals surface area contributed by atoms with Gasteiger partial charge >= 0.3 is 0 Å². The molecule has 60 heavy (non-hydrogen) atoms. The van der Waals surface area contributed by atoms with Crippen LogP contribution in [0.4, 0.5) is 5.69 Å². The summed E-state index contributed by atoms with van der Waals surface area (Å²) in [5.41, 5.74) is -0.703. The van der Waals surface area contributed by atoms with Crippen LogP contribution in [-0.4, -0.2) is 87.4 Å². The molecule has 2 fully saturated rings. The number of sulfonamides is 1. The first-order valence-corrected chi connectivity index (χ1v) is 23.3. The molecule has 2 heterocycles. The number of methoxy groups -OCH3 is 1. The maximum atomic E-state index is 15.8. The van der Waals surface area contributed by atoms with Gasteiger partial charge in [0.15, 0.2) is 0 Å². The maximum Gasteiger partial charge on any atom is 0.274 e. The van der Waals surface area contributed by atoms with Gasteiger partial charge in [-0.05, 0) is 153 Å². The number of carbonyl (C=O) groups excluding carboxylic acids is 2. The van der Waals surface area contributed by atoms with Gasteiger partial charge in [-0.25, -0.2) is 12.7 Å². The highest BCUT2D eigenvalue weighted by Crippen LogP contribution is 2.61. The minimum atomic E-state index is -4.93. The fourth-order valence-corrected chi connectivity index (χ4v) is 12.0. The number of hydrogen-bond acceptors (Lipinski definition) is 9. The molecule has 0 bridgehead atoms. The van der Waals surface area contributed by atoms with Crippen molar-refractivity contribution in [3.63, 3.8) is 0 Å². The average molecular weight is 857 g/mol. The second-order valence-corrected chi connectivity index (χ2v) is 21.9. The smallest absolute Gasteiger partial charge is 0.274 e. The molecule has 0 radical (unpaired) electrons. The Morgan fingerprint density at radius 1 is 1.02 bits per heavy atom. The Morgan fingerprint density at radius 3 is 2.25 bits per heavy atom. The zero-order valence-corrected chi connectivity index (χ0v) is 40.1. The predicted molar refractivity (Wildman–Crippen MR) is 239 cm³/mol. The summed E-state index contributed by atoms with van der Waals surface area (Å²) in [5.74, 6) is -1.52. The molecule has 1 N–H and O–H groups in total. The molecule has 336 valence electrons. The number of anilines is 1. The Labute approximate surface area is 365 Å². The standard InChI is InChI=1S/C48H75N3O8S/c1-18-46(15,19-2)49-42(52)36-25-38(56-17)41(32(7)31(36)6)60(54,55)51-37-24-30(5)40(58-26-29(3)4)33(8)39(37)48(43(51)53)21-20-47(16,34(9)35(48)10)59-45(13,14)27-50-22-23-57-28-44(50,11)12/h24-25,29,34-35H,18-23,26-28H2,1-17H3,(H,49,52)/t34?,35?,47-,48+/m0/s1/i17D3. The second kappa shape index (κ2) is 16.8. The summed E-state index contributed by atoms with van der Waals surface area (Å²) in [6.45, 7) is 34.7. The van der Waals surface area contributed by atoms with Crippen molar-refractivity contribution in [2.45, 2.75) is 169 Å². The molecule has 1 spiro atoms. The van der Waals surface area contributed by atoms with E-state index in [1.54, 1.807) is 13.0 Å². The number of nitrogens with zero attached hydrogens (tertiary/aromatic N) is 2. The van der Waals surface area contributed by atoms with Crippen molar-refractivity contribution in [1.82, 2.24) is 10.2 Å². The maximum absolute atomic E-state index is 15.8. The van der Waals surface area contributed by atoms with Crippen LogP contribution >= 0.6 is 0 Å². The lowest BCUT2D eigenvalue weighted by molar-refractivity contribution is -0.203. The summed E-state index contributed by atoms with van der Waals surface area (Å²) in [5, 5.41) is 3.05. The lowest BCUT2D eigenvalue weighted by atomic mass is 9.55. The van der Waals surface area contributed by atoms with Gasteiger partial charge in [0.25, 0.3) is 21.8 Å². The number of hydrogen-bond donors (Lipinski definition) is 1. The van der Waals surface area contributed by atoms with Gasteiger partial charge in [0.05, 0.1) is 53.3 Å². The number of carbonyl (C=O) groups is 2. The number of benzene rings is 2. The third kappa shape index (κ3) is 8.24. The molecule has 1 aliphatic carbocycles. The number of nitrogens with one attached hydrogen (secondary N) is 1. The summed E-state index contributed by atoms with van der Waals surface area (Å²) in [4.78, 5) is 31.6. The van der Waals surface area contributed by atoms with Crippen molar-refractivity contribution in [2.75, 3.05) is 44.3 Å². The van der Waals surface area contributed by atoms with Crippen molar-refractivity contribution >= 4 is 27.5 Å². The fraction of sp³-hybridized carbons (Fsp3) is 0.708. The molecule has 4 atom stereocenters. The molecule has 2 unspecified atom stereocenters. The highest BCUT2D eigenvalue weighted by Gasteiger charge is 2.64. The molecule has 2 aromatic carbocycles. The summed E-state index contributed by atoms with van der Waals surface area (Å²) in [6.07, 6.45) is 1.99. The minimum absolute atomic E-state index is 0.0798. The fourth-order valence-electron chi connectivity index (χ4n) is 10.1. The molecule has 2 aliphatic heterocycles. The van der Waals surface area contributed by atoms with E-state index in [1.807, 2.05) is 41.5 Å². The van der Waals surface area contributed by atoms with Crippen LogP contribution in [0.5, 0.6) is 11.5 Å². The van der Waals surface area contributed by atoms with E-state index in [9.17, 15) is 4.79 Å². The summed E-state index contributed by atoms with van der Waals surface area (Å²) in [7, 11) is -8.02. The number of morpholine rings is 1. The lowest BCUT2D eigenvalue weighted by Crippen LogP contribution is -2.61. The SMILES string of the molecule is [2H]C([2H])([2H])Oc1cc(C(=O)NC(C)(CC)CC)c(C)c(C)c1S(=O)(=O)N1C(=O)[C@@]2(CC[C@](C)(OC(C)(C)CN3CCOCC3(C)C)C(C)C2C)c2c1cc(C)c(OCC(C)C)c2C. The van der Waals surface area contributed by atoms with E-state index in [1.165, 1.54) is 13.0 Å². The van der Waals surface area contributed by atoms with Gasteiger partial charge in [0, 0.05) is 29.7 Å². The number of amides is 2. The van der Waals surface area contributed by atoms with Gasteiger partial charge in [0.2, 0.25) is 0 Å². The third-order valence-corrected chi connectivity index (χ3v) is 16.4. The van der Waals surface area contributed by atoms with Crippen LogP contribution in [-0.2, 0) is 29.7 Å². The highest BCUT2D eigenvalue weighted by atomic mass is 32.2. The van der Waals surface area contributed by atoms with Gasteiger partial charge in [0.1, 0.15) is 16.4 Å². The third-order valence-electron chi connectivity index (χ3n) is 14.5. The van der Waals surface area contributed by atoms with Crippen LogP contribution in [0.25, 0.3) is 0 Å². The average Bonchev–Trinajstić information content (AvgIpc) is 3.41.